The topological polar surface area (TPSA) is 131 Å². The van der Waals surface area contributed by atoms with Crippen LogP contribution >= 0.6 is 0 Å². The SMILES string of the molecule is Nc1ccc2c(-c3ccccc3C(=O)O)c3cc(CCC(=O)O)c(=O)cc-3oc2c1. The Balaban J connectivity index is 2.12. The van der Waals surface area contributed by atoms with Gasteiger partial charge in [0.1, 0.15) is 11.3 Å². The molecule has 0 spiro atoms. The van der Waals surface area contributed by atoms with Crippen molar-refractivity contribution in [3.8, 4) is 22.5 Å². The number of nitrogen functional groups attached to an aromatic ring is 1. The average molecular weight is 403 g/mol. The third-order valence-corrected chi connectivity index (χ3v) is 4.96. The number of carboxylic acid groups (broad SMARTS) is 2. The van der Waals surface area contributed by atoms with E-state index in [9.17, 15) is 19.5 Å². The van der Waals surface area contributed by atoms with Crippen LogP contribution in [0.25, 0.3) is 33.4 Å². The van der Waals surface area contributed by atoms with Crippen molar-refractivity contribution < 1.29 is 24.2 Å². The zero-order valence-electron chi connectivity index (χ0n) is 15.7. The van der Waals surface area contributed by atoms with Crippen LogP contribution in [0.2, 0.25) is 0 Å². The van der Waals surface area contributed by atoms with Gasteiger partial charge in [-0.15, -0.1) is 0 Å². The van der Waals surface area contributed by atoms with Crippen LogP contribution in [0.3, 0.4) is 0 Å². The van der Waals surface area contributed by atoms with E-state index in [1.807, 2.05) is 0 Å². The molecule has 0 saturated carbocycles. The van der Waals surface area contributed by atoms with Gasteiger partial charge in [-0.1, -0.05) is 18.2 Å². The zero-order chi connectivity index (χ0) is 21.4. The third-order valence-electron chi connectivity index (χ3n) is 4.96. The minimum absolute atomic E-state index is 0.0594. The highest BCUT2D eigenvalue weighted by Crippen LogP contribution is 2.41. The number of carboxylic acids is 2. The van der Waals surface area contributed by atoms with Gasteiger partial charge in [0, 0.05) is 46.3 Å². The number of benzene rings is 3. The highest BCUT2D eigenvalue weighted by molar-refractivity contribution is 6.07. The van der Waals surface area contributed by atoms with Crippen LogP contribution in [0.1, 0.15) is 22.3 Å². The number of carbonyl (C=O) groups is 2. The number of aromatic carboxylic acids is 1. The summed E-state index contributed by atoms with van der Waals surface area (Å²) in [5, 5.41) is 19.3. The summed E-state index contributed by atoms with van der Waals surface area (Å²) in [4.78, 5) is 35.3. The molecule has 0 radical (unpaired) electrons. The van der Waals surface area contributed by atoms with Crippen molar-refractivity contribution in [1.82, 2.24) is 0 Å². The van der Waals surface area contributed by atoms with Crippen molar-refractivity contribution in [2.75, 3.05) is 5.73 Å². The van der Waals surface area contributed by atoms with Crippen LogP contribution in [-0.2, 0) is 11.2 Å². The van der Waals surface area contributed by atoms with Gasteiger partial charge in [-0.2, -0.15) is 0 Å². The van der Waals surface area contributed by atoms with Gasteiger partial charge in [-0.05, 0) is 36.2 Å². The second-order valence-electron chi connectivity index (χ2n) is 6.93. The Hall–Kier alpha value is -4.13. The molecule has 0 fully saturated rings. The summed E-state index contributed by atoms with van der Waals surface area (Å²) >= 11 is 0. The van der Waals surface area contributed by atoms with Crippen molar-refractivity contribution in [3.63, 3.8) is 0 Å². The molecule has 0 saturated heterocycles. The quantitative estimate of drug-likeness (QED) is 0.340. The highest BCUT2D eigenvalue weighted by Gasteiger charge is 2.22. The molecular formula is C23H17NO6. The van der Waals surface area contributed by atoms with Crippen LogP contribution < -0.4 is 11.2 Å². The van der Waals surface area contributed by atoms with E-state index >= 15 is 0 Å². The number of aliphatic carboxylic acids is 1. The molecule has 4 N–H and O–H groups in total. The minimum atomic E-state index is -1.09. The van der Waals surface area contributed by atoms with Gasteiger partial charge < -0.3 is 20.4 Å². The molecule has 0 aromatic heterocycles. The van der Waals surface area contributed by atoms with E-state index in [4.69, 9.17) is 15.3 Å². The van der Waals surface area contributed by atoms with Crippen molar-refractivity contribution in [1.29, 1.82) is 0 Å². The fraction of sp³-hybridized carbons (Fsp3) is 0.0870. The lowest BCUT2D eigenvalue weighted by Crippen LogP contribution is -2.11. The second kappa shape index (κ2) is 7.36. The van der Waals surface area contributed by atoms with E-state index in [-0.39, 0.29) is 29.6 Å². The van der Waals surface area contributed by atoms with E-state index in [1.54, 1.807) is 42.5 Å². The zero-order valence-corrected chi connectivity index (χ0v) is 15.7. The van der Waals surface area contributed by atoms with Crippen LogP contribution in [0.15, 0.2) is 63.8 Å². The standard InChI is InChI=1S/C23H17NO6/c24-13-6-7-16-19(10-13)30-20-11-18(25)12(5-8-21(26)27)9-17(20)22(16)14-3-1-2-4-15(14)23(28)29/h1-4,6-7,9-11H,5,8,24H2,(H,26,27)(H,28,29). The number of rotatable bonds is 5. The molecule has 2 aromatic carbocycles. The molecule has 0 atom stereocenters. The van der Waals surface area contributed by atoms with Crippen LogP contribution in [0.5, 0.6) is 0 Å². The summed E-state index contributed by atoms with van der Waals surface area (Å²) in [6.45, 7) is 0. The van der Waals surface area contributed by atoms with Crippen molar-refractivity contribution >= 4 is 28.6 Å². The molecule has 7 heteroatoms. The Morgan fingerprint density at radius 2 is 1.73 bits per heavy atom. The molecule has 0 unspecified atom stereocenters. The van der Waals surface area contributed by atoms with Crippen LogP contribution in [0, 0.1) is 0 Å². The molecule has 2 aromatic rings. The first-order valence-electron chi connectivity index (χ1n) is 9.18. The highest BCUT2D eigenvalue weighted by atomic mass is 16.4. The largest absolute Gasteiger partial charge is 0.481 e. The van der Waals surface area contributed by atoms with E-state index < -0.39 is 11.9 Å². The molecule has 4 rings (SSSR count). The molecule has 1 aliphatic carbocycles. The molecule has 2 aliphatic rings. The summed E-state index contributed by atoms with van der Waals surface area (Å²) in [6.07, 6.45) is -0.132. The van der Waals surface area contributed by atoms with Gasteiger partial charge in [-0.25, -0.2) is 4.79 Å². The number of hydrogen-bond acceptors (Lipinski definition) is 5. The second-order valence-corrected chi connectivity index (χ2v) is 6.93. The lowest BCUT2D eigenvalue weighted by atomic mass is 9.89. The first kappa shape index (κ1) is 19.2. The maximum Gasteiger partial charge on any atom is 0.336 e. The Labute approximate surface area is 170 Å². The number of nitrogens with two attached hydrogens (primary N) is 1. The predicted octanol–water partition coefficient (Wildman–Crippen LogP) is 3.86. The molecule has 7 nitrogen and oxygen atoms in total. The van der Waals surface area contributed by atoms with E-state index in [2.05, 4.69) is 0 Å². The third kappa shape index (κ3) is 3.37. The molecule has 1 aliphatic heterocycles. The summed E-state index contributed by atoms with van der Waals surface area (Å²) < 4.78 is 5.91. The van der Waals surface area contributed by atoms with E-state index in [0.717, 1.165) is 0 Å². The Morgan fingerprint density at radius 1 is 0.967 bits per heavy atom. The molecule has 30 heavy (non-hydrogen) atoms. The Morgan fingerprint density at radius 3 is 2.47 bits per heavy atom. The lowest BCUT2D eigenvalue weighted by Gasteiger charge is -2.17. The van der Waals surface area contributed by atoms with Crippen molar-refractivity contribution in [2.24, 2.45) is 0 Å². The van der Waals surface area contributed by atoms with Crippen molar-refractivity contribution in [3.05, 3.63) is 75.9 Å². The van der Waals surface area contributed by atoms with Crippen molar-refractivity contribution in [2.45, 2.75) is 12.8 Å². The maximum atomic E-state index is 12.5. The number of aryl methyl sites for hydroxylation is 1. The molecule has 150 valence electrons. The van der Waals surface area contributed by atoms with E-state index in [0.29, 0.717) is 38.9 Å². The number of hydrogen-bond donors (Lipinski definition) is 3. The van der Waals surface area contributed by atoms with Gasteiger partial charge in [0.25, 0.3) is 0 Å². The predicted molar refractivity (Wildman–Crippen MR) is 112 cm³/mol. The summed E-state index contributed by atoms with van der Waals surface area (Å²) in [5.41, 5.74) is 8.42. The fourth-order valence-electron chi connectivity index (χ4n) is 3.59. The smallest absolute Gasteiger partial charge is 0.336 e. The normalized spacial score (nSPS) is 11.1. The molecule has 0 bridgehead atoms. The summed E-state index contributed by atoms with van der Waals surface area (Å²) in [5.74, 6) is -1.83. The molecular weight excluding hydrogens is 386 g/mol. The van der Waals surface area contributed by atoms with Gasteiger partial charge in [0.15, 0.2) is 5.43 Å². The average Bonchev–Trinajstić information content (AvgIpc) is 2.70. The minimum Gasteiger partial charge on any atom is -0.481 e. The number of anilines is 1. The molecule has 0 amide bonds. The first-order chi connectivity index (χ1) is 14.3. The fourth-order valence-corrected chi connectivity index (χ4v) is 3.59. The monoisotopic (exact) mass is 403 g/mol. The first-order valence-corrected chi connectivity index (χ1v) is 9.18. The number of fused-ring (bicyclic) bond motifs is 2. The van der Waals surface area contributed by atoms with Gasteiger partial charge in [-0.3, -0.25) is 9.59 Å². The molecule has 1 heterocycles. The maximum absolute atomic E-state index is 12.5. The van der Waals surface area contributed by atoms with Gasteiger partial charge >= 0.3 is 11.9 Å². The van der Waals surface area contributed by atoms with Gasteiger partial charge in [0.05, 0.1) is 5.56 Å². The Kier molecular flexibility index (Phi) is 4.71. The van der Waals surface area contributed by atoms with E-state index in [1.165, 1.54) is 12.1 Å². The van der Waals surface area contributed by atoms with Gasteiger partial charge in [0.2, 0.25) is 0 Å². The summed E-state index contributed by atoms with van der Waals surface area (Å²) in [6, 6.07) is 14.5. The van der Waals surface area contributed by atoms with Crippen LogP contribution in [0.4, 0.5) is 5.69 Å². The Bertz CT molecular complexity index is 1340. The summed E-state index contributed by atoms with van der Waals surface area (Å²) in [7, 11) is 0. The van der Waals surface area contributed by atoms with Crippen LogP contribution in [-0.4, -0.2) is 22.2 Å². The lowest BCUT2D eigenvalue weighted by molar-refractivity contribution is -0.136.